The van der Waals surface area contributed by atoms with Crippen molar-refractivity contribution in [2.45, 2.75) is 6.18 Å². The van der Waals surface area contributed by atoms with Gasteiger partial charge in [0.15, 0.2) is 0 Å². The van der Waals surface area contributed by atoms with Crippen LogP contribution in [-0.4, -0.2) is 38.4 Å². The molecule has 1 heterocycles. The number of rotatable bonds is 6. The van der Waals surface area contributed by atoms with Gasteiger partial charge in [0.2, 0.25) is 0 Å². The van der Waals surface area contributed by atoms with E-state index in [0.29, 0.717) is 0 Å². The Kier molecular flexibility index (Phi) is 7.60. The molecule has 1 radical (unpaired) electrons. The van der Waals surface area contributed by atoms with Gasteiger partial charge in [-0.1, -0.05) is 0 Å². The van der Waals surface area contributed by atoms with Gasteiger partial charge in [-0.2, -0.15) is 0 Å². The van der Waals surface area contributed by atoms with Crippen molar-refractivity contribution in [2.75, 3.05) is 12.4 Å². The number of nitrogens with zero attached hydrogens (tertiary/aromatic N) is 1. The van der Waals surface area contributed by atoms with E-state index in [4.69, 9.17) is 16.3 Å². The first-order valence-corrected chi connectivity index (χ1v) is 11.4. The average molecular weight is 543 g/mol. The van der Waals surface area contributed by atoms with E-state index >= 15 is 0 Å². The molecular formula is C21H14AsClF4N3O3. The molecule has 2 amide bonds. The molecule has 0 aliphatic rings. The molecule has 171 valence electrons. The molecule has 2 aromatic carbocycles. The molecule has 0 fully saturated rings. The van der Waals surface area contributed by atoms with Crippen molar-refractivity contribution in [1.29, 1.82) is 0 Å². The summed E-state index contributed by atoms with van der Waals surface area (Å²) in [5.74, 6) is -0.750. The first kappa shape index (κ1) is 24.5. The van der Waals surface area contributed by atoms with Gasteiger partial charge < -0.3 is 0 Å². The number of aromatic nitrogens is 1. The maximum atomic E-state index is 14.5. The Hall–Kier alpha value is -3.10. The third-order valence-electron chi connectivity index (χ3n) is 4.09. The molecule has 2 N–H and O–H groups in total. The molecule has 0 saturated carbocycles. The molecule has 3 rings (SSSR count). The van der Waals surface area contributed by atoms with Crippen LogP contribution < -0.4 is 19.7 Å². The normalized spacial score (nSPS) is 11.5. The van der Waals surface area contributed by atoms with Gasteiger partial charge in [-0.3, -0.25) is 0 Å². The number of anilines is 1. The second-order valence-corrected chi connectivity index (χ2v) is 9.14. The average Bonchev–Trinajstić information content (AvgIpc) is 2.76. The van der Waals surface area contributed by atoms with Crippen molar-refractivity contribution >= 4 is 48.0 Å². The fraction of sp³-hybridized carbons (Fsp3) is 0.0952. The molecule has 1 aromatic heterocycles. The molecule has 33 heavy (non-hydrogen) atoms. The number of nitrogens with one attached hydrogen (secondary N) is 2. The quantitative estimate of drug-likeness (QED) is 0.352. The summed E-state index contributed by atoms with van der Waals surface area (Å²) in [5, 5.41) is 4.27. The van der Waals surface area contributed by atoms with Crippen LogP contribution in [0.2, 0.25) is 5.02 Å². The molecule has 0 aliphatic carbocycles. The third-order valence-corrected chi connectivity index (χ3v) is 6.35. The number of halogens is 5. The monoisotopic (exact) mass is 542 g/mol. The van der Waals surface area contributed by atoms with Crippen LogP contribution in [0.4, 0.5) is 28.0 Å². The molecule has 12 heteroatoms. The summed E-state index contributed by atoms with van der Waals surface area (Å²) in [4.78, 5) is 27.8. The summed E-state index contributed by atoms with van der Waals surface area (Å²) in [6, 6.07) is 9.70. The first-order valence-electron chi connectivity index (χ1n) is 9.12. The zero-order chi connectivity index (χ0) is 24.2. The number of benzene rings is 2. The van der Waals surface area contributed by atoms with Crippen molar-refractivity contribution in [3.05, 3.63) is 76.8 Å². The van der Waals surface area contributed by atoms with E-state index in [-0.39, 0.29) is 27.2 Å². The molecule has 0 bridgehead atoms. The molecule has 3 aromatic rings. The van der Waals surface area contributed by atoms with E-state index in [1.54, 1.807) is 0 Å². The second-order valence-electron chi connectivity index (χ2n) is 6.41. The van der Waals surface area contributed by atoms with Crippen molar-refractivity contribution in [3.63, 3.8) is 0 Å². The predicted octanol–water partition coefficient (Wildman–Crippen LogP) is 4.61. The van der Waals surface area contributed by atoms with Crippen LogP contribution in [0.25, 0.3) is 0 Å². The molecule has 6 nitrogen and oxygen atoms in total. The Morgan fingerprint density at radius 2 is 1.79 bits per heavy atom. The number of amides is 2. The van der Waals surface area contributed by atoms with E-state index in [1.807, 2.05) is 0 Å². The zero-order valence-corrected chi connectivity index (χ0v) is 19.3. The van der Waals surface area contributed by atoms with Gasteiger partial charge in [0, 0.05) is 0 Å². The molecule has 0 unspecified atom stereocenters. The number of hydrogen-bond donors (Lipinski definition) is 2. The van der Waals surface area contributed by atoms with Gasteiger partial charge in [0.05, 0.1) is 0 Å². The van der Waals surface area contributed by atoms with Crippen molar-refractivity contribution in [2.24, 2.45) is 0 Å². The van der Waals surface area contributed by atoms with Gasteiger partial charge in [-0.25, -0.2) is 0 Å². The van der Waals surface area contributed by atoms with E-state index in [1.165, 1.54) is 43.6 Å². The van der Waals surface area contributed by atoms with E-state index in [2.05, 4.69) is 15.6 Å². The Labute approximate surface area is 197 Å². The van der Waals surface area contributed by atoms with Gasteiger partial charge in [-0.15, -0.1) is 0 Å². The van der Waals surface area contributed by atoms with Gasteiger partial charge in [0.1, 0.15) is 0 Å². The third kappa shape index (κ3) is 6.46. The van der Waals surface area contributed by atoms with Crippen molar-refractivity contribution < 1.29 is 31.9 Å². The summed E-state index contributed by atoms with van der Waals surface area (Å²) in [6.07, 6.45) is -3.32. The summed E-state index contributed by atoms with van der Waals surface area (Å²) in [5.41, 5.74) is -1.07. The summed E-state index contributed by atoms with van der Waals surface area (Å²) >= 11 is 4.15. The fourth-order valence-corrected chi connectivity index (χ4v) is 4.33. The predicted molar refractivity (Wildman–Crippen MR) is 115 cm³/mol. The van der Waals surface area contributed by atoms with Crippen LogP contribution in [-0.2, 0) is 6.18 Å². The summed E-state index contributed by atoms with van der Waals surface area (Å²) in [6.45, 7) is 0. The number of alkyl halides is 3. The summed E-state index contributed by atoms with van der Waals surface area (Å²) in [7, 11) is 1.45. The number of carbonyl (C=O) groups is 2. The van der Waals surface area contributed by atoms with Crippen LogP contribution in [0.5, 0.6) is 11.5 Å². The Morgan fingerprint density at radius 1 is 1.06 bits per heavy atom. The Morgan fingerprint density at radius 3 is 2.45 bits per heavy atom. The van der Waals surface area contributed by atoms with Crippen LogP contribution in [0, 0.1) is 5.82 Å². The van der Waals surface area contributed by atoms with E-state index < -0.39 is 48.9 Å². The molecule has 0 spiro atoms. The van der Waals surface area contributed by atoms with E-state index in [0.717, 1.165) is 18.2 Å². The topological polar surface area (TPSA) is 80.3 Å². The molecule has 0 saturated heterocycles. The van der Waals surface area contributed by atoms with Gasteiger partial charge in [0.25, 0.3) is 0 Å². The number of ether oxygens (including phenoxy) is 1. The Balaban J connectivity index is 1.68. The van der Waals surface area contributed by atoms with Gasteiger partial charge in [-0.05, 0) is 0 Å². The number of carbonyl (C=O) groups excluding carboxylic acids is 2. The number of hydrogen-bond acceptors (Lipinski definition) is 4. The van der Waals surface area contributed by atoms with Crippen LogP contribution >= 0.6 is 11.6 Å². The second kappa shape index (κ2) is 10.2. The maximum absolute atomic E-state index is 14.5. The molecular weight excluding hydrogens is 529 g/mol. The minimum absolute atomic E-state index is 0.0990. The first-order chi connectivity index (χ1) is 15.6. The number of pyridine rings is 1. The van der Waals surface area contributed by atoms with Crippen molar-refractivity contribution in [1.82, 2.24) is 10.3 Å². The summed E-state index contributed by atoms with van der Waals surface area (Å²) < 4.78 is 58.4. The fourth-order valence-electron chi connectivity index (χ4n) is 2.59. The van der Waals surface area contributed by atoms with Gasteiger partial charge >= 0.3 is 197 Å². The van der Waals surface area contributed by atoms with Crippen molar-refractivity contribution in [3.8, 4) is 11.5 Å². The molecule has 0 atom stereocenters. The van der Waals surface area contributed by atoms with Crippen LogP contribution in [0.3, 0.4) is 0 Å². The molecule has 0 aliphatic heterocycles. The minimum atomic E-state index is -4.68. The zero-order valence-electron chi connectivity index (χ0n) is 16.7. The SMILES string of the molecule is CNC(=O)c1cc(Oc2ccc([As]C(=O)Nc3ccc(Cl)c(C(F)(F)F)c3)c(F)c2)ccn1. The van der Waals surface area contributed by atoms with Crippen LogP contribution in [0.1, 0.15) is 16.1 Å². The standard InChI is InChI=1S/C21H14AsClF4N3O3/c1-28-19(31)18-10-13(6-7-29-18)33-12-3-4-15(17(24)9-12)22-20(32)30-11-2-5-16(23)14(8-11)21(25,26)27/h2-10H,1H3,(H,28,31)(H,30,32). The Bertz CT molecular complexity index is 1210. The van der Waals surface area contributed by atoms with Crippen LogP contribution in [0.15, 0.2) is 54.7 Å². The van der Waals surface area contributed by atoms with E-state index in [9.17, 15) is 27.2 Å².